The molecule has 0 aromatic heterocycles. The third-order valence-electron chi connectivity index (χ3n) is 1.87. The zero-order valence-electron chi connectivity index (χ0n) is 8.16. The maximum atomic E-state index is 10.5. The van der Waals surface area contributed by atoms with Crippen LogP contribution in [0.15, 0.2) is 22.7 Å². The van der Waals surface area contributed by atoms with Gasteiger partial charge in [0.25, 0.3) is 5.69 Å². The van der Waals surface area contributed by atoms with Crippen LogP contribution in [0.4, 0.5) is 5.69 Å². The zero-order valence-corrected chi connectivity index (χ0v) is 9.74. The summed E-state index contributed by atoms with van der Waals surface area (Å²) in [5.74, 6) is 0.494. The van der Waals surface area contributed by atoms with E-state index in [1.165, 1.54) is 6.07 Å². The molecule has 0 heterocycles. The second-order valence-corrected chi connectivity index (χ2v) is 4.49. The minimum atomic E-state index is -0.365. The molecule has 1 rings (SSSR count). The lowest BCUT2D eigenvalue weighted by Gasteiger charge is -2.06. The number of non-ortho nitro benzene ring substituents is 1. The van der Waals surface area contributed by atoms with E-state index in [0.29, 0.717) is 5.92 Å². The van der Waals surface area contributed by atoms with Crippen LogP contribution in [0.2, 0.25) is 0 Å². The lowest BCUT2D eigenvalue weighted by Crippen LogP contribution is -1.97. The third-order valence-corrected chi connectivity index (χ3v) is 2.64. The van der Waals surface area contributed by atoms with Gasteiger partial charge < -0.3 is 0 Å². The molecule has 0 aliphatic rings. The van der Waals surface area contributed by atoms with Gasteiger partial charge in [0.15, 0.2) is 0 Å². The van der Waals surface area contributed by atoms with Crippen LogP contribution in [0.5, 0.6) is 0 Å². The molecule has 4 heteroatoms. The summed E-state index contributed by atoms with van der Waals surface area (Å²) in [6, 6.07) is 4.87. The first-order valence-corrected chi connectivity index (χ1v) is 5.23. The lowest BCUT2D eigenvalue weighted by atomic mass is 10.0. The van der Waals surface area contributed by atoms with E-state index in [4.69, 9.17) is 0 Å². The topological polar surface area (TPSA) is 43.1 Å². The Bertz CT molecular complexity index is 350. The Balaban J connectivity index is 3.02. The molecule has 0 amide bonds. The van der Waals surface area contributed by atoms with Crippen molar-refractivity contribution in [1.29, 1.82) is 0 Å². The maximum Gasteiger partial charge on any atom is 0.269 e. The van der Waals surface area contributed by atoms with Crippen molar-refractivity contribution < 1.29 is 4.92 Å². The average Bonchev–Trinajstić information content (AvgIpc) is 2.07. The van der Waals surface area contributed by atoms with Gasteiger partial charge >= 0.3 is 0 Å². The number of rotatable bonds is 3. The summed E-state index contributed by atoms with van der Waals surface area (Å²) in [6.07, 6.45) is 0.849. The van der Waals surface area contributed by atoms with Crippen molar-refractivity contribution >= 4 is 21.6 Å². The SMILES string of the molecule is CC(C)Cc1cc([N+](=O)[O-])ccc1Br. The van der Waals surface area contributed by atoms with Gasteiger partial charge in [-0.25, -0.2) is 0 Å². The average molecular weight is 258 g/mol. The summed E-state index contributed by atoms with van der Waals surface area (Å²) in [5, 5.41) is 10.5. The first kappa shape index (κ1) is 11.2. The molecule has 0 aliphatic heterocycles. The van der Waals surface area contributed by atoms with E-state index in [0.717, 1.165) is 16.5 Å². The van der Waals surface area contributed by atoms with Gasteiger partial charge in [0.05, 0.1) is 4.92 Å². The van der Waals surface area contributed by atoms with Crippen LogP contribution in [-0.4, -0.2) is 4.92 Å². The molecule has 0 unspecified atom stereocenters. The zero-order chi connectivity index (χ0) is 10.7. The number of nitro groups is 1. The van der Waals surface area contributed by atoms with Gasteiger partial charge in [-0.2, -0.15) is 0 Å². The summed E-state index contributed by atoms with van der Waals surface area (Å²) < 4.78 is 0.941. The molecule has 3 nitrogen and oxygen atoms in total. The van der Waals surface area contributed by atoms with Crippen molar-refractivity contribution in [3.8, 4) is 0 Å². The Kier molecular flexibility index (Phi) is 3.63. The predicted molar refractivity (Wildman–Crippen MR) is 59.3 cm³/mol. The van der Waals surface area contributed by atoms with Crippen molar-refractivity contribution in [3.05, 3.63) is 38.3 Å². The number of nitrogens with zero attached hydrogens (tertiary/aromatic N) is 1. The fraction of sp³-hybridized carbons (Fsp3) is 0.400. The highest BCUT2D eigenvalue weighted by atomic mass is 79.9. The first-order valence-electron chi connectivity index (χ1n) is 4.43. The van der Waals surface area contributed by atoms with Crippen molar-refractivity contribution in [2.24, 2.45) is 5.92 Å². The van der Waals surface area contributed by atoms with Crippen LogP contribution >= 0.6 is 15.9 Å². The van der Waals surface area contributed by atoms with Gasteiger partial charge in [0.1, 0.15) is 0 Å². The second kappa shape index (κ2) is 4.55. The Morgan fingerprint density at radius 1 is 1.50 bits per heavy atom. The van der Waals surface area contributed by atoms with Gasteiger partial charge in [-0.05, 0) is 24.0 Å². The summed E-state index contributed by atoms with van der Waals surface area (Å²) in [6.45, 7) is 4.18. The molecule has 0 saturated heterocycles. The first-order chi connectivity index (χ1) is 6.50. The number of nitro benzene ring substituents is 1. The highest BCUT2D eigenvalue weighted by Gasteiger charge is 2.10. The Labute approximate surface area is 91.4 Å². The molecular weight excluding hydrogens is 246 g/mol. The molecule has 0 aliphatic carbocycles. The summed E-state index contributed by atoms with van der Waals surface area (Å²) >= 11 is 3.39. The van der Waals surface area contributed by atoms with Crippen LogP contribution in [0.25, 0.3) is 0 Å². The van der Waals surface area contributed by atoms with E-state index in [1.54, 1.807) is 12.1 Å². The molecule has 1 aromatic rings. The number of hydrogen-bond donors (Lipinski definition) is 0. The van der Waals surface area contributed by atoms with Crippen LogP contribution in [0.1, 0.15) is 19.4 Å². The van der Waals surface area contributed by atoms with Crippen molar-refractivity contribution in [1.82, 2.24) is 0 Å². The van der Waals surface area contributed by atoms with Crippen molar-refractivity contribution in [2.45, 2.75) is 20.3 Å². The molecule has 0 atom stereocenters. The molecule has 0 N–H and O–H groups in total. The molecular formula is C10H12BrNO2. The van der Waals surface area contributed by atoms with E-state index in [2.05, 4.69) is 29.8 Å². The van der Waals surface area contributed by atoms with Crippen molar-refractivity contribution in [3.63, 3.8) is 0 Å². The molecule has 0 bridgehead atoms. The van der Waals surface area contributed by atoms with Crippen LogP contribution in [0.3, 0.4) is 0 Å². The summed E-state index contributed by atoms with van der Waals surface area (Å²) in [4.78, 5) is 10.2. The minimum absolute atomic E-state index is 0.156. The standard InChI is InChI=1S/C10H12BrNO2/c1-7(2)5-8-6-9(12(13)14)3-4-10(8)11/h3-4,6-7H,5H2,1-2H3. The Morgan fingerprint density at radius 3 is 2.64 bits per heavy atom. The second-order valence-electron chi connectivity index (χ2n) is 3.63. The minimum Gasteiger partial charge on any atom is -0.258 e. The molecule has 0 saturated carbocycles. The largest absolute Gasteiger partial charge is 0.269 e. The number of halogens is 1. The van der Waals surface area contributed by atoms with E-state index < -0.39 is 0 Å². The van der Waals surface area contributed by atoms with Gasteiger partial charge in [-0.1, -0.05) is 29.8 Å². The van der Waals surface area contributed by atoms with E-state index in [-0.39, 0.29) is 10.6 Å². The highest BCUT2D eigenvalue weighted by Crippen LogP contribution is 2.24. The Morgan fingerprint density at radius 2 is 2.14 bits per heavy atom. The quantitative estimate of drug-likeness (QED) is 0.614. The van der Waals surface area contributed by atoms with Gasteiger partial charge in [-0.3, -0.25) is 10.1 Å². The summed E-state index contributed by atoms with van der Waals surface area (Å²) in [5.41, 5.74) is 1.15. The van der Waals surface area contributed by atoms with Crippen LogP contribution in [0, 0.1) is 16.0 Å². The fourth-order valence-electron chi connectivity index (χ4n) is 1.27. The van der Waals surface area contributed by atoms with Crippen LogP contribution < -0.4 is 0 Å². The molecule has 14 heavy (non-hydrogen) atoms. The molecule has 0 spiro atoms. The van der Waals surface area contributed by atoms with Gasteiger partial charge in [0.2, 0.25) is 0 Å². The molecule has 0 fully saturated rings. The predicted octanol–water partition coefficient (Wildman–Crippen LogP) is 3.56. The number of hydrogen-bond acceptors (Lipinski definition) is 2. The van der Waals surface area contributed by atoms with Gasteiger partial charge in [-0.15, -0.1) is 0 Å². The Hall–Kier alpha value is -0.900. The van der Waals surface area contributed by atoms with E-state index >= 15 is 0 Å². The highest BCUT2D eigenvalue weighted by molar-refractivity contribution is 9.10. The monoisotopic (exact) mass is 257 g/mol. The fourth-order valence-corrected chi connectivity index (χ4v) is 1.68. The van der Waals surface area contributed by atoms with E-state index in [9.17, 15) is 10.1 Å². The van der Waals surface area contributed by atoms with E-state index in [1.807, 2.05) is 0 Å². The molecule has 0 radical (unpaired) electrons. The van der Waals surface area contributed by atoms with Crippen LogP contribution in [-0.2, 0) is 6.42 Å². The summed E-state index contributed by atoms with van der Waals surface area (Å²) in [7, 11) is 0. The number of benzene rings is 1. The molecule has 1 aromatic carbocycles. The maximum absolute atomic E-state index is 10.5. The molecule has 76 valence electrons. The third kappa shape index (κ3) is 2.80. The van der Waals surface area contributed by atoms with Crippen molar-refractivity contribution in [2.75, 3.05) is 0 Å². The smallest absolute Gasteiger partial charge is 0.258 e. The lowest BCUT2D eigenvalue weighted by molar-refractivity contribution is -0.384. The normalized spacial score (nSPS) is 10.6. The van der Waals surface area contributed by atoms with Gasteiger partial charge in [0, 0.05) is 16.6 Å².